The van der Waals surface area contributed by atoms with Crippen LogP contribution in [-0.4, -0.2) is 19.9 Å². The van der Waals surface area contributed by atoms with Gasteiger partial charge in [0.2, 0.25) is 0 Å². The lowest BCUT2D eigenvalue weighted by Gasteiger charge is -2.22. The van der Waals surface area contributed by atoms with Gasteiger partial charge in [-0.1, -0.05) is 345 Å². The fourth-order valence-corrected chi connectivity index (χ4v) is 18.8. The van der Waals surface area contributed by atoms with Crippen molar-refractivity contribution in [2.45, 2.75) is 57.8 Å². The summed E-state index contributed by atoms with van der Waals surface area (Å²) in [5.41, 5.74) is 43.5. The van der Waals surface area contributed by atoms with Crippen LogP contribution in [0, 0.1) is 0 Å². The van der Waals surface area contributed by atoms with Gasteiger partial charge in [0.15, 0.2) is 5.82 Å². The molecule has 0 atom stereocenters. The second-order valence-electron chi connectivity index (χ2n) is 33.3. The standard InChI is InChI=1S/C113H82N4/c1-111(2)98-42-22-19-39-91(98)94-54-49-79(63-101(94)111)77-35-25-37-82(57-77)106-66-88(71-27-11-7-12-28-71)67-107(115-106)83-38-26-36-78(58-83)85-59-86(80-50-55-95-92-40-20-23-43-99(92)112(3,4)102(95)64-80)61-87(60-85)89-68-104(73-29-13-8-14-30-73)114-105(69-89)75-47-45-72(46-48-75)90-53-52-84(62-97(90)81-51-56-96-93-41-21-24-44-100(93)113(5,6)103(96)65-81)109-70-108(74-31-15-9-16-32-74)116-110(117-109)76-33-17-10-18-34-76/h7-70H,1-6H3. The highest BCUT2D eigenvalue weighted by Gasteiger charge is 2.38. The molecule has 3 heterocycles. The first-order chi connectivity index (χ1) is 57.2. The van der Waals surface area contributed by atoms with Gasteiger partial charge in [0.1, 0.15) is 0 Å². The zero-order chi connectivity index (χ0) is 78.7. The highest BCUT2D eigenvalue weighted by Crippen LogP contribution is 2.54. The van der Waals surface area contributed by atoms with E-state index in [1.54, 1.807) is 0 Å². The molecular formula is C113H82N4. The van der Waals surface area contributed by atoms with E-state index in [0.717, 1.165) is 145 Å². The first-order valence-electron chi connectivity index (χ1n) is 40.7. The predicted octanol–water partition coefficient (Wildman–Crippen LogP) is 29.5. The van der Waals surface area contributed by atoms with Crippen molar-refractivity contribution < 1.29 is 0 Å². The van der Waals surface area contributed by atoms with Gasteiger partial charge >= 0.3 is 0 Å². The minimum absolute atomic E-state index is 0.112. The lowest BCUT2D eigenvalue weighted by Crippen LogP contribution is -2.14. The summed E-state index contributed by atoms with van der Waals surface area (Å²) in [4.78, 5) is 21.8. The molecule has 0 unspecified atom stereocenters. The second-order valence-corrected chi connectivity index (χ2v) is 33.3. The van der Waals surface area contributed by atoms with Crippen LogP contribution in [0.3, 0.4) is 0 Å². The van der Waals surface area contributed by atoms with Crippen molar-refractivity contribution in [3.63, 3.8) is 0 Å². The summed E-state index contributed by atoms with van der Waals surface area (Å²) in [6.45, 7) is 14.2. The van der Waals surface area contributed by atoms with Gasteiger partial charge < -0.3 is 0 Å². The molecule has 0 saturated carbocycles. The first-order valence-corrected chi connectivity index (χ1v) is 40.7. The van der Waals surface area contributed by atoms with Crippen molar-refractivity contribution in [3.8, 4) is 190 Å². The summed E-state index contributed by atoms with van der Waals surface area (Å²) in [6, 6.07) is 142. The molecule has 0 saturated heterocycles. The molecule has 117 heavy (non-hydrogen) atoms. The van der Waals surface area contributed by atoms with Gasteiger partial charge in [0.05, 0.1) is 34.2 Å². The van der Waals surface area contributed by atoms with Crippen molar-refractivity contribution in [3.05, 3.63) is 422 Å². The van der Waals surface area contributed by atoms with Crippen molar-refractivity contribution in [2.75, 3.05) is 0 Å². The summed E-state index contributed by atoms with van der Waals surface area (Å²) in [6.07, 6.45) is 0. The third kappa shape index (κ3) is 12.5. The van der Waals surface area contributed by atoms with E-state index in [9.17, 15) is 0 Å². The zero-order valence-electron chi connectivity index (χ0n) is 66.2. The molecule has 21 rings (SSSR count). The van der Waals surface area contributed by atoms with E-state index in [-0.39, 0.29) is 16.2 Å². The molecule has 0 spiro atoms. The monoisotopic (exact) mass is 1490 g/mol. The van der Waals surface area contributed by atoms with Gasteiger partial charge in [-0.3, -0.25) is 0 Å². The zero-order valence-corrected chi connectivity index (χ0v) is 66.2. The molecule has 4 heteroatoms. The van der Waals surface area contributed by atoms with Crippen molar-refractivity contribution >= 4 is 0 Å². The minimum Gasteiger partial charge on any atom is -0.248 e. The van der Waals surface area contributed by atoms with Gasteiger partial charge in [-0.15, -0.1) is 0 Å². The normalized spacial score (nSPS) is 13.4. The number of nitrogens with zero attached hydrogens (tertiary/aromatic N) is 4. The maximum Gasteiger partial charge on any atom is 0.160 e. The lowest BCUT2D eigenvalue weighted by atomic mass is 9.81. The van der Waals surface area contributed by atoms with E-state index in [1.165, 1.54) is 72.3 Å². The number of benzene rings is 15. The van der Waals surface area contributed by atoms with Crippen LogP contribution in [0.15, 0.2) is 388 Å². The lowest BCUT2D eigenvalue weighted by molar-refractivity contribution is 0.660. The molecule has 0 fully saturated rings. The van der Waals surface area contributed by atoms with Crippen LogP contribution in [0.1, 0.15) is 74.9 Å². The molecule has 3 aliphatic rings. The maximum atomic E-state index is 5.64. The Morgan fingerprint density at radius 2 is 0.402 bits per heavy atom. The number of hydrogen-bond donors (Lipinski definition) is 0. The average Bonchev–Trinajstić information content (AvgIpc) is 1.58. The Morgan fingerprint density at radius 3 is 0.880 bits per heavy atom. The Hall–Kier alpha value is -14.3. The molecule has 0 amide bonds. The largest absolute Gasteiger partial charge is 0.248 e. The molecule has 3 aromatic heterocycles. The number of hydrogen-bond acceptors (Lipinski definition) is 4. The van der Waals surface area contributed by atoms with Crippen LogP contribution in [-0.2, 0) is 16.2 Å². The van der Waals surface area contributed by atoms with Gasteiger partial charge in [-0.05, 0) is 230 Å². The van der Waals surface area contributed by atoms with Gasteiger partial charge in [0, 0.05) is 55.2 Å². The van der Waals surface area contributed by atoms with Crippen LogP contribution >= 0.6 is 0 Å². The molecular weight excluding hydrogens is 1410 g/mol. The Labute approximate surface area is 685 Å². The second kappa shape index (κ2) is 28.1. The molecule has 3 aliphatic carbocycles. The number of rotatable bonds is 14. The van der Waals surface area contributed by atoms with Crippen LogP contribution in [0.4, 0.5) is 0 Å². The van der Waals surface area contributed by atoms with Gasteiger partial charge in [-0.25, -0.2) is 19.9 Å². The molecule has 554 valence electrons. The molecule has 4 nitrogen and oxygen atoms in total. The minimum atomic E-state index is -0.199. The summed E-state index contributed by atoms with van der Waals surface area (Å²) in [7, 11) is 0. The third-order valence-corrected chi connectivity index (χ3v) is 25.1. The quantitative estimate of drug-likeness (QED) is 0.109. The Kier molecular flexibility index (Phi) is 16.9. The number of aromatic nitrogens is 4. The average molecular weight is 1500 g/mol. The van der Waals surface area contributed by atoms with Crippen LogP contribution < -0.4 is 0 Å². The molecule has 0 aliphatic heterocycles. The third-order valence-electron chi connectivity index (χ3n) is 25.1. The SMILES string of the molecule is CC1(C)c2ccccc2-c2ccc(-c3cc(-c4cccc(-c5cc(-c6ccccc6)cc(-c6cccc(-c7ccc8c(c7)C(C)(C)c7ccccc7-8)c6)n5)c4)cc(-c4cc(-c5ccccc5)nc(-c5ccc(-c6ccc(-c7cc(-c8ccccc8)nc(-c8ccccc8)n7)cc6-c6ccc7c(c6)C(C)(C)c6ccccc6-7)cc5)c4)c3)cc21. The molecule has 15 aromatic carbocycles. The number of fused-ring (bicyclic) bond motifs is 9. The van der Waals surface area contributed by atoms with Gasteiger partial charge in [-0.2, -0.15) is 0 Å². The Bertz CT molecular complexity index is 6930. The van der Waals surface area contributed by atoms with Crippen molar-refractivity contribution in [2.24, 2.45) is 0 Å². The number of pyridine rings is 2. The topological polar surface area (TPSA) is 51.6 Å². The van der Waals surface area contributed by atoms with E-state index in [0.29, 0.717) is 5.82 Å². The van der Waals surface area contributed by atoms with Crippen LogP contribution in [0.2, 0.25) is 0 Å². The van der Waals surface area contributed by atoms with E-state index in [2.05, 4.69) is 418 Å². The molecule has 18 aromatic rings. The fraction of sp³-hybridized carbons (Fsp3) is 0.0796. The summed E-state index contributed by atoms with van der Waals surface area (Å²) in [5.74, 6) is 0.682. The molecule has 0 N–H and O–H groups in total. The highest BCUT2D eigenvalue weighted by molar-refractivity contribution is 5.94. The van der Waals surface area contributed by atoms with Crippen LogP contribution in [0.25, 0.3) is 190 Å². The van der Waals surface area contributed by atoms with E-state index in [1.807, 2.05) is 12.1 Å². The first kappa shape index (κ1) is 70.5. The molecule has 0 bridgehead atoms. The van der Waals surface area contributed by atoms with Crippen molar-refractivity contribution in [1.82, 2.24) is 19.9 Å². The fourth-order valence-electron chi connectivity index (χ4n) is 18.8. The highest BCUT2D eigenvalue weighted by atomic mass is 14.9. The Morgan fingerprint density at radius 1 is 0.137 bits per heavy atom. The van der Waals surface area contributed by atoms with Crippen LogP contribution in [0.5, 0.6) is 0 Å². The smallest absolute Gasteiger partial charge is 0.160 e. The van der Waals surface area contributed by atoms with E-state index >= 15 is 0 Å². The Balaban J connectivity index is 0.689. The summed E-state index contributed by atoms with van der Waals surface area (Å²) >= 11 is 0. The van der Waals surface area contributed by atoms with Gasteiger partial charge in [0.25, 0.3) is 0 Å². The summed E-state index contributed by atoms with van der Waals surface area (Å²) in [5, 5.41) is 0. The maximum absolute atomic E-state index is 5.64. The van der Waals surface area contributed by atoms with E-state index < -0.39 is 0 Å². The predicted molar refractivity (Wildman–Crippen MR) is 486 cm³/mol. The summed E-state index contributed by atoms with van der Waals surface area (Å²) < 4.78 is 0. The van der Waals surface area contributed by atoms with Crippen molar-refractivity contribution in [1.29, 1.82) is 0 Å². The molecule has 0 radical (unpaired) electrons. The van der Waals surface area contributed by atoms with E-state index in [4.69, 9.17) is 19.9 Å².